The van der Waals surface area contributed by atoms with Crippen LogP contribution in [0.5, 0.6) is 0 Å². The average Bonchev–Trinajstić information content (AvgIpc) is 2.67. The Balaban J connectivity index is 2.33. The van der Waals surface area contributed by atoms with E-state index in [4.69, 9.17) is 34.8 Å². The molecular weight excluding hydrogens is 293 g/mol. The summed E-state index contributed by atoms with van der Waals surface area (Å²) in [5.41, 5.74) is 0. The van der Waals surface area contributed by atoms with Gasteiger partial charge < -0.3 is 0 Å². The quantitative estimate of drug-likeness (QED) is 0.702. The predicted octanol–water partition coefficient (Wildman–Crippen LogP) is 5.25. The van der Waals surface area contributed by atoms with E-state index in [1.165, 1.54) is 11.8 Å². The van der Waals surface area contributed by atoms with Gasteiger partial charge in [0.05, 0.1) is 14.3 Å². The van der Waals surface area contributed by atoms with Crippen LogP contribution >= 0.6 is 57.9 Å². The van der Waals surface area contributed by atoms with E-state index in [0.717, 1.165) is 4.21 Å². The summed E-state index contributed by atoms with van der Waals surface area (Å²) in [5.74, 6) is 0. The Bertz CT molecular complexity index is 470. The van der Waals surface area contributed by atoms with Gasteiger partial charge in [0.25, 0.3) is 0 Å². The molecule has 0 saturated carbocycles. The third-order valence-corrected chi connectivity index (χ3v) is 4.66. The summed E-state index contributed by atoms with van der Waals surface area (Å²) in [6.45, 7) is 0. The maximum absolute atomic E-state index is 6.00. The van der Waals surface area contributed by atoms with Gasteiger partial charge >= 0.3 is 0 Å². The van der Waals surface area contributed by atoms with Gasteiger partial charge in [-0.05, 0) is 17.5 Å². The first kappa shape index (κ1) is 11.6. The van der Waals surface area contributed by atoms with Crippen LogP contribution in [-0.2, 0) is 0 Å². The van der Waals surface area contributed by atoms with Crippen LogP contribution in [0.2, 0.25) is 15.2 Å². The van der Waals surface area contributed by atoms with E-state index < -0.39 is 0 Å². The molecule has 78 valence electrons. The fraction of sp³-hybridized carbons (Fsp3) is 0. The third kappa shape index (κ3) is 2.80. The molecule has 0 N–H and O–H groups in total. The Kier molecular flexibility index (Phi) is 3.80. The van der Waals surface area contributed by atoms with Gasteiger partial charge in [0.15, 0.2) is 0 Å². The van der Waals surface area contributed by atoms with Crippen LogP contribution in [0.15, 0.2) is 32.8 Å². The molecule has 0 amide bonds. The smallest absolute Gasteiger partial charge is 0.149 e. The standard InChI is InChI=1S/C9H4Cl3NS2/c10-5-4-6(11)9(13-8(5)12)15-7-2-1-3-14-7/h1-4H. The minimum Gasteiger partial charge on any atom is -0.226 e. The van der Waals surface area contributed by atoms with Crippen LogP contribution in [0.25, 0.3) is 0 Å². The fourth-order valence-corrected chi connectivity index (χ4v) is 3.26. The molecule has 1 nitrogen and oxygen atoms in total. The highest BCUT2D eigenvalue weighted by molar-refractivity contribution is 8.01. The normalized spacial score (nSPS) is 10.6. The van der Waals surface area contributed by atoms with Crippen molar-refractivity contribution in [1.29, 1.82) is 0 Å². The van der Waals surface area contributed by atoms with Crippen molar-refractivity contribution in [2.24, 2.45) is 0 Å². The van der Waals surface area contributed by atoms with Crippen molar-refractivity contribution in [3.63, 3.8) is 0 Å². The molecule has 0 fully saturated rings. The minimum absolute atomic E-state index is 0.278. The summed E-state index contributed by atoms with van der Waals surface area (Å²) in [7, 11) is 0. The molecule has 2 rings (SSSR count). The summed E-state index contributed by atoms with van der Waals surface area (Å²) < 4.78 is 1.11. The number of nitrogens with zero attached hydrogens (tertiary/aromatic N) is 1. The van der Waals surface area contributed by atoms with Gasteiger partial charge in [0.1, 0.15) is 10.2 Å². The lowest BCUT2D eigenvalue weighted by molar-refractivity contribution is 1.14. The Hall–Kier alpha value is 0.0700. The van der Waals surface area contributed by atoms with E-state index in [2.05, 4.69) is 4.98 Å². The molecule has 0 aromatic carbocycles. The van der Waals surface area contributed by atoms with Crippen LogP contribution < -0.4 is 0 Å². The number of thiophene rings is 1. The molecule has 0 radical (unpaired) electrons. The van der Waals surface area contributed by atoms with Crippen molar-refractivity contribution >= 4 is 57.9 Å². The van der Waals surface area contributed by atoms with Crippen LogP contribution in [0.3, 0.4) is 0 Å². The highest BCUT2D eigenvalue weighted by Gasteiger charge is 2.09. The van der Waals surface area contributed by atoms with E-state index in [-0.39, 0.29) is 5.15 Å². The average molecular weight is 297 g/mol. The molecule has 15 heavy (non-hydrogen) atoms. The van der Waals surface area contributed by atoms with Gasteiger partial charge in [-0.1, -0.05) is 52.6 Å². The largest absolute Gasteiger partial charge is 0.226 e. The molecule has 0 aliphatic rings. The Morgan fingerprint density at radius 1 is 1.20 bits per heavy atom. The summed E-state index contributed by atoms with van der Waals surface area (Å²) in [6, 6.07) is 5.57. The second-order valence-electron chi connectivity index (χ2n) is 2.58. The summed E-state index contributed by atoms with van der Waals surface area (Å²) in [4.78, 5) is 4.12. The van der Waals surface area contributed by atoms with Crippen molar-refractivity contribution in [2.45, 2.75) is 9.24 Å². The molecule has 0 saturated heterocycles. The van der Waals surface area contributed by atoms with Crippen LogP contribution in [-0.4, -0.2) is 4.98 Å². The second kappa shape index (κ2) is 4.93. The molecule has 0 aliphatic heterocycles. The molecular formula is C9H4Cl3NS2. The van der Waals surface area contributed by atoms with Gasteiger partial charge in [-0.15, -0.1) is 11.3 Å². The number of aromatic nitrogens is 1. The first-order valence-corrected chi connectivity index (χ1v) is 6.72. The van der Waals surface area contributed by atoms with E-state index in [1.54, 1.807) is 17.4 Å². The first-order valence-electron chi connectivity index (χ1n) is 3.89. The molecule has 0 bridgehead atoms. The van der Waals surface area contributed by atoms with Crippen molar-refractivity contribution in [3.05, 3.63) is 38.8 Å². The SMILES string of the molecule is Clc1cc(Cl)c(Sc2cccs2)nc1Cl. The van der Waals surface area contributed by atoms with E-state index >= 15 is 0 Å². The first-order chi connectivity index (χ1) is 7.16. The maximum atomic E-state index is 6.00. The zero-order valence-corrected chi connectivity index (χ0v) is 11.1. The Labute approximate surface area is 110 Å². The summed E-state index contributed by atoms with van der Waals surface area (Å²) in [5, 5.41) is 3.84. The van der Waals surface area contributed by atoms with Gasteiger partial charge in [-0.2, -0.15) is 0 Å². The van der Waals surface area contributed by atoms with Gasteiger partial charge in [0.2, 0.25) is 0 Å². The summed E-state index contributed by atoms with van der Waals surface area (Å²) >= 11 is 20.7. The minimum atomic E-state index is 0.278. The summed E-state index contributed by atoms with van der Waals surface area (Å²) in [6.07, 6.45) is 0. The lowest BCUT2D eigenvalue weighted by Crippen LogP contribution is -1.83. The van der Waals surface area contributed by atoms with Crippen LogP contribution in [0.4, 0.5) is 0 Å². The van der Waals surface area contributed by atoms with E-state index in [0.29, 0.717) is 15.1 Å². The van der Waals surface area contributed by atoms with Crippen molar-refractivity contribution in [1.82, 2.24) is 4.98 Å². The van der Waals surface area contributed by atoms with Crippen molar-refractivity contribution in [2.75, 3.05) is 0 Å². The highest BCUT2D eigenvalue weighted by Crippen LogP contribution is 2.37. The topological polar surface area (TPSA) is 12.9 Å². The second-order valence-corrected chi connectivity index (χ2v) is 5.99. The molecule has 6 heteroatoms. The zero-order valence-electron chi connectivity index (χ0n) is 7.21. The third-order valence-electron chi connectivity index (χ3n) is 1.55. The van der Waals surface area contributed by atoms with E-state index in [9.17, 15) is 0 Å². The number of hydrogen-bond acceptors (Lipinski definition) is 3. The van der Waals surface area contributed by atoms with Crippen LogP contribution in [0, 0.1) is 0 Å². The number of rotatable bonds is 2. The van der Waals surface area contributed by atoms with Gasteiger partial charge in [-0.25, -0.2) is 4.98 Å². The molecule has 0 unspecified atom stereocenters. The van der Waals surface area contributed by atoms with Crippen molar-refractivity contribution < 1.29 is 0 Å². The molecule has 0 spiro atoms. The number of pyridine rings is 1. The maximum Gasteiger partial charge on any atom is 0.149 e. The van der Waals surface area contributed by atoms with E-state index in [1.807, 2.05) is 17.5 Å². The van der Waals surface area contributed by atoms with Gasteiger partial charge in [-0.3, -0.25) is 0 Å². The lowest BCUT2D eigenvalue weighted by Gasteiger charge is -2.02. The zero-order chi connectivity index (χ0) is 10.8. The van der Waals surface area contributed by atoms with Gasteiger partial charge in [0, 0.05) is 0 Å². The fourth-order valence-electron chi connectivity index (χ4n) is 0.917. The molecule has 0 aliphatic carbocycles. The van der Waals surface area contributed by atoms with Crippen LogP contribution in [0.1, 0.15) is 0 Å². The van der Waals surface area contributed by atoms with Crippen molar-refractivity contribution in [3.8, 4) is 0 Å². The highest BCUT2D eigenvalue weighted by atomic mass is 35.5. The predicted molar refractivity (Wildman–Crippen MR) is 67.7 cm³/mol. The number of halogens is 3. The molecule has 2 aromatic rings. The Morgan fingerprint density at radius 3 is 2.67 bits per heavy atom. The molecule has 0 atom stereocenters. The molecule has 2 heterocycles. The lowest BCUT2D eigenvalue weighted by atomic mass is 10.5. The Morgan fingerprint density at radius 2 is 2.00 bits per heavy atom. The number of hydrogen-bond donors (Lipinski definition) is 0. The monoisotopic (exact) mass is 295 g/mol. The molecule has 2 aromatic heterocycles.